The summed E-state index contributed by atoms with van der Waals surface area (Å²) in [6, 6.07) is 15.0. The molecule has 4 aromatic rings. The van der Waals surface area contributed by atoms with Gasteiger partial charge >= 0.3 is 0 Å². The molecule has 0 spiro atoms. The number of hydrogen-bond acceptors (Lipinski definition) is 6. The predicted molar refractivity (Wildman–Crippen MR) is 133 cm³/mol. The Balaban J connectivity index is 1.54. The molecule has 8 nitrogen and oxygen atoms in total. The Hall–Kier alpha value is -3.17. The highest BCUT2D eigenvalue weighted by Gasteiger charge is 2.26. The lowest BCUT2D eigenvalue weighted by Crippen LogP contribution is -2.31. The summed E-state index contributed by atoms with van der Waals surface area (Å²) in [7, 11) is 0. The molecule has 5 rings (SSSR count). The van der Waals surface area contributed by atoms with Crippen molar-refractivity contribution in [1.82, 2.24) is 24.3 Å². The number of para-hydroxylation sites is 1. The van der Waals surface area contributed by atoms with Crippen LogP contribution >= 0.6 is 23.4 Å². The minimum absolute atomic E-state index is 0.229. The first-order valence-electron chi connectivity index (χ1n) is 11.1. The van der Waals surface area contributed by atoms with Crippen molar-refractivity contribution in [2.24, 2.45) is 5.73 Å². The second-order valence-corrected chi connectivity index (χ2v) is 9.64. The number of nitrogens with zero attached hydrogens (tertiary/aromatic N) is 5. The van der Waals surface area contributed by atoms with Crippen molar-refractivity contribution < 1.29 is 4.79 Å². The Morgan fingerprint density at radius 3 is 2.59 bits per heavy atom. The fraction of sp³-hybridized carbons (Fsp3) is 0.292. The maximum absolute atomic E-state index is 13.1. The number of rotatable bonds is 7. The molecular weight excluding hydrogens is 472 g/mol. The average molecular weight is 495 g/mol. The number of primary amides is 1. The zero-order valence-corrected chi connectivity index (χ0v) is 19.9. The van der Waals surface area contributed by atoms with Gasteiger partial charge in [0.15, 0.2) is 11.0 Å². The Kier molecular flexibility index (Phi) is 6.38. The monoisotopic (exact) mass is 494 g/mol. The molecular formula is C24H23ClN6O2S. The molecule has 2 aromatic heterocycles. The number of fused-ring (bicyclic) bond motifs is 1. The molecule has 1 aliphatic carbocycles. The van der Waals surface area contributed by atoms with E-state index in [1.807, 2.05) is 30.3 Å². The number of benzene rings is 2. The van der Waals surface area contributed by atoms with Gasteiger partial charge in [-0.3, -0.25) is 18.7 Å². The van der Waals surface area contributed by atoms with E-state index in [0.717, 1.165) is 42.2 Å². The fourth-order valence-corrected chi connectivity index (χ4v) is 5.64. The molecule has 0 saturated heterocycles. The predicted octanol–water partition coefficient (Wildman–Crippen LogP) is 4.20. The van der Waals surface area contributed by atoms with Crippen LogP contribution in [0.3, 0.4) is 0 Å². The number of carbonyl (C=O) groups excluding carboxylic acids is 1. The summed E-state index contributed by atoms with van der Waals surface area (Å²) in [5.74, 6) is 0.940. The van der Waals surface area contributed by atoms with Gasteiger partial charge in [0.2, 0.25) is 5.91 Å². The molecule has 174 valence electrons. The number of halogens is 1. The van der Waals surface area contributed by atoms with Crippen LogP contribution in [0.5, 0.6) is 0 Å². The van der Waals surface area contributed by atoms with Crippen LogP contribution < -0.4 is 11.3 Å². The van der Waals surface area contributed by atoms with E-state index in [1.165, 1.54) is 16.3 Å². The lowest BCUT2D eigenvalue weighted by molar-refractivity contribution is -0.118. The van der Waals surface area contributed by atoms with Gasteiger partial charge in [0.05, 0.1) is 21.7 Å². The largest absolute Gasteiger partial charge is 0.368 e. The Labute approximate surface area is 205 Å². The quantitative estimate of drug-likeness (QED) is 0.386. The molecule has 2 N–H and O–H groups in total. The topological polar surface area (TPSA) is 109 Å². The number of nitrogens with two attached hydrogens (primary N) is 1. The molecule has 1 amide bonds. The molecule has 0 bridgehead atoms. The van der Waals surface area contributed by atoms with E-state index < -0.39 is 5.91 Å². The lowest BCUT2D eigenvalue weighted by Gasteiger charge is -2.18. The van der Waals surface area contributed by atoms with Gasteiger partial charge in [-0.2, -0.15) is 0 Å². The van der Waals surface area contributed by atoms with Crippen LogP contribution in [0.4, 0.5) is 0 Å². The van der Waals surface area contributed by atoms with Crippen molar-refractivity contribution in [3.63, 3.8) is 0 Å². The molecule has 0 atom stereocenters. The molecule has 1 fully saturated rings. The highest BCUT2D eigenvalue weighted by molar-refractivity contribution is 7.98. The summed E-state index contributed by atoms with van der Waals surface area (Å²) in [5.41, 5.74) is 6.57. The summed E-state index contributed by atoms with van der Waals surface area (Å²) < 4.78 is 3.51. The normalized spacial score (nSPS) is 14.1. The Morgan fingerprint density at radius 1 is 1.09 bits per heavy atom. The Bertz CT molecular complexity index is 1430. The first kappa shape index (κ1) is 22.6. The summed E-state index contributed by atoms with van der Waals surface area (Å²) in [6.07, 6.45) is 4.39. The van der Waals surface area contributed by atoms with E-state index in [1.54, 1.807) is 18.2 Å². The molecule has 10 heteroatoms. The zero-order chi connectivity index (χ0) is 23.7. The van der Waals surface area contributed by atoms with Crippen molar-refractivity contribution in [2.75, 3.05) is 0 Å². The standard InChI is InChI=1S/C24H23ClN6O2S/c25-18-11-5-3-9-16(18)22-28-29-24(31(22)15-7-1-2-8-15)34-14-21-27-19-12-6-4-10-17(19)23(33)30(21)13-20(26)32/h3-6,9-12,15H,1-2,7-8,13-14H2,(H2,26,32). The van der Waals surface area contributed by atoms with Crippen molar-refractivity contribution in [3.8, 4) is 11.4 Å². The molecule has 0 aliphatic heterocycles. The van der Waals surface area contributed by atoms with E-state index >= 15 is 0 Å². The van der Waals surface area contributed by atoms with Crippen molar-refractivity contribution in [2.45, 2.75) is 49.2 Å². The van der Waals surface area contributed by atoms with Gasteiger partial charge in [-0.25, -0.2) is 4.98 Å². The van der Waals surface area contributed by atoms with Gasteiger partial charge in [-0.1, -0.05) is 60.5 Å². The average Bonchev–Trinajstić information content (AvgIpc) is 3.50. The highest BCUT2D eigenvalue weighted by Crippen LogP contribution is 2.38. The van der Waals surface area contributed by atoms with E-state index in [9.17, 15) is 9.59 Å². The first-order valence-corrected chi connectivity index (χ1v) is 12.5. The van der Waals surface area contributed by atoms with Gasteiger partial charge < -0.3 is 5.73 Å². The second-order valence-electron chi connectivity index (χ2n) is 8.29. The molecule has 1 saturated carbocycles. The molecule has 1 aliphatic rings. The number of thioether (sulfide) groups is 1. The molecule has 2 heterocycles. The van der Waals surface area contributed by atoms with E-state index in [4.69, 9.17) is 17.3 Å². The SMILES string of the molecule is NC(=O)Cn1c(CSc2nnc(-c3ccccc3Cl)n2C2CCCC2)nc2ccccc2c1=O. The minimum Gasteiger partial charge on any atom is -0.368 e. The summed E-state index contributed by atoms with van der Waals surface area (Å²) in [4.78, 5) is 29.4. The third-order valence-corrected chi connectivity index (χ3v) is 7.32. The third kappa shape index (κ3) is 4.33. The van der Waals surface area contributed by atoms with Gasteiger partial charge in [0, 0.05) is 11.6 Å². The van der Waals surface area contributed by atoms with Crippen LogP contribution in [0.2, 0.25) is 5.02 Å². The number of aromatic nitrogens is 5. The smallest absolute Gasteiger partial charge is 0.261 e. The number of hydrogen-bond donors (Lipinski definition) is 1. The molecule has 0 radical (unpaired) electrons. The van der Waals surface area contributed by atoms with Crippen molar-refractivity contribution in [3.05, 3.63) is 69.7 Å². The maximum Gasteiger partial charge on any atom is 0.261 e. The zero-order valence-electron chi connectivity index (χ0n) is 18.4. The third-order valence-electron chi connectivity index (χ3n) is 6.05. The van der Waals surface area contributed by atoms with Crippen LogP contribution in [0.25, 0.3) is 22.3 Å². The van der Waals surface area contributed by atoms with Crippen molar-refractivity contribution >= 4 is 40.2 Å². The van der Waals surface area contributed by atoms with Crippen molar-refractivity contribution in [1.29, 1.82) is 0 Å². The van der Waals surface area contributed by atoms with E-state index in [0.29, 0.717) is 27.5 Å². The fourth-order valence-electron chi connectivity index (χ4n) is 4.47. The van der Waals surface area contributed by atoms with Crippen LogP contribution in [-0.2, 0) is 17.1 Å². The van der Waals surface area contributed by atoms with E-state index in [-0.39, 0.29) is 18.1 Å². The number of carbonyl (C=O) groups is 1. The van der Waals surface area contributed by atoms with Crippen LogP contribution in [0.15, 0.2) is 58.5 Å². The van der Waals surface area contributed by atoms with Gasteiger partial charge in [0.1, 0.15) is 12.4 Å². The van der Waals surface area contributed by atoms with Crippen LogP contribution in [0, 0.1) is 0 Å². The summed E-state index contributed by atoms with van der Waals surface area (Å²) >= 11 is 7.92. The van der Waals surface area contributed by atoms with E-state index in [2.05, 4.69) is 19.7 Å². The molecule has 34 heavy (non-hydrogen) atoms. The van der Waals surface area contributed by atoms with Gasteiger partial charge in [-0.05, 0) is 37.1 Å². The summed E-state index contributed by atoms with van der Waals surface area (Å²) in [5, 5.41) is 10.8. The maximum atomic E-state index is 13.1. The molecule has 2 aromatic carbocycles. The molecule has 0 unspecified atom stereocenters. The lowest BCUT2D eigenvalue weighted by atomic mass is 10.2. The minimum atomic E-state index is -0.597. The van der Waals surface area contributed by atoms with Gasteiger partial charge in [-0.15, -0.1) is 10.2 Å². The van der Waals surface area contributed by atoms with Gasteiger partial charge in [0.25, 0.3) is 5.56 Å². The second kappa shape index (κ2) is 9.60. The van der Waals surface area contributed by atoms with Crippen LogP contribution in [-0.4, -0.2) is 30.2 Å². The summed E-state index contributed by atoms with van der Waals surface area (Å²) in [6.45, 7) is -0.229. The van der Waals surface area contributed by atoms with Crippen LogP contribution in [0.1, 0.15) is 37.5 Å². The highest BCUT2D eigenvalue weighted by atomic mass is 35.5. The first-order chi connectivity index (χ1) is 16.5. The number of amides is 1. The Morgan fingerprint density at radius 2 is 1.82 bits per heavy atom.